The Morgan fingerprint density at radius 2 is 2.43 bits per heavy atom. The van der Waals surface area contributed by atoms with Crippen molar-refractivity contribution < 1.29 is 9.90 Å². The maximum absolute atomic E-state index is 10.00. The molecule has 1 aromatic carbocycles. The highest BCUT2D eigenvalue weighted by Gasteiger charge is 2.22. The topological polar surface area (TPSA) is 49.7 Å². The number of benzene rings is 1. The average molecular weight is 189 g/mol. The number of isocyanates is 1. The van der Waals surface area contributed by atoms with Gasteiger partial charge in [-0.15, -0.1) is 0 Å². The smallest absolute Gasteiger partial charge is 0.234 e. The molecule has 0 saturated carbocycles. The minimum Gasteiger partial charge on any atom is -0.508 e. The number of aliphatic imine (C=N–C) groups is 1. The molecular formula is C11H11NO2. The van der Waals surface area contributed by atoms with Gasteiger partial charge < -0.3 is 5.11 Å². The first-order chi connectivity index (χ1) is 6.81. The van der Waals surface area contributed by atoms with Crippen LogP contribution in [0.15, 0.2) is 23.2 Å². The lowest BCUT2D eigenvalue weighted by Crippen LogP contribution is -1.97. The van der Waals surface area contributed by atoms with Crippen molar-refractivity contribution in [2.45, 2.75) is 18.8 Å². The number of rotatable bonds is 2. The van der Waals surface area contributed by atoms with Crippen molar-refractivity contribution in [2.24, 2.45) is 4.99 Å². The van der Waals surface area contributed by atoms with Gasteiger partial charge in [-0.05, 0) is 36.1 Å². The third-order valence-corrected chi connectivity index (χ3v) is 2.70. The summed E-state index contributed by atoms with van der Waals surface area (Å²) in [5, 5.41) is 9.27. The molecule has 3 heteroatoms. The van der Waals surface area contributed by atoms with Crippen LogP contribution in [0.1, 0.15) is 23.5 Å². The standard InChI is InChI=1S/C11H11NO2/c13-7-12-6-9-2-1-8-5-10(14)3-4-11(8)9/h3-5,9,14H,1-2,6H2. The van der Waals surface area contributed by atoms with E-state index in [1.165, 1.54) is 11.1 Å². The predicted molar refractivity (Wildman–Crippen MR) is 52.2 cm³/mol. The molecule has 1 atom stereocenters. The fourth-order valence-electron chi connectivity index (χ4n) is 2.03. The third kappa shape index (κ3) is 1.54. The Kier molecular flexibility index (Phi) is 2.33. The van der Waals surface area contributed by atoms with Gasteiger partial charge in [0.15, 0.2) is 0 Å². The zero-order chi connectivity index (χ0) is 9.97. The van der Waals surface area contributed by atoms with Crippen LogP contribution in [-0.2, 0) is 11.2 Å². The van der Waals surface area contributed by atoms with Crippen molar-refractivity contribution in [3.8, 4) is 5.75 Å². The van der Waals surface area contributed by atoms with Gasteiger partial charge in [0.25, 0.3) is 0 Å². The molecule has 1 aliphatic rings. The molecule has 1 aromatic rings. The van der Waals surface area contributed by atoms with Gasteiger partial charge in [0.1, 0.15) is 5.75 Å². The summed E-state index contributed by atoms with van der Waals surface area (Å²) in [5.41, 5.74) is 2.39. The van der Waals surface area contributed by atoms with Gasteiger partial charge in [-0.25, -0.2) is 9.79 Å². The van der Waals surface area contributed by atoms with Crippen molar-refractivity contribution in [2.75, 3.05) is 6.54 Å². The minimum absolute atomic E-state index is 0.309. The molecule has 0 radical (unpaired) electrons. The monoisotopic (exact) mass is 189 g/mol. The lowest BCUT2D eigenvalue weighted by molar-refractivity contribution is 0.474. The Bertz CT molecular complexity index is 394. The van der Waals surface area contributed by atoms with Gasteiger partial charge >= 0.3 is 0 Å². The van der Waals surface area contributed by atoms with Crippen molar-refractivity contribution >= 4 is 6.08 Å². The van der Waals surface area contributed by atoms with E-state index < -0.39 is 0 Å². The molecule has 3 nitrogen and oxygen atoms in total. The van der Waals surface area contributed by atoms with Crippen LogP contribution in [0.5, 0.6) is 5.75 Å². The van der Waals surface area contributed by atoms with Crippen LogP contribution in [0.25, 0.3) is 0 Å². The first-order valence-electron chi connectivity index (χ1n) is 4.66. The van der Waals surface area contributed by atoms with E-state index in [4.69, 9.17) is 0 Å². The Labute approximate surface area is 82.1 Å². The number of fused-ring (bicyclic) bond motifs is 1. The summed E-state index contributed by atoms with van der Waals surface area (Å²) in [6.45, 7) is 0.515. The second kappa shape index (κ2) is 3.64. The van der Waals surface area contributed by atoms with E-state index in [0.29, 0.717) is 18.2 Å². The third-order valence-electron chi connectivity index (χ3n) is 2.70. The number of aryl methyl sites for hydroxylation is 1. The zero-order valence-electron chi connectivity index (χ0n) is 7.73. The highest BCUT2D eigenvalue weighted by atomic mass is 16.3. The van der Waals surface area contributed by atoms with Crippen molar-refractivity contribution in [1.29, 1.82) is 0 Å². The summed E-state index contributed by atoms with van der Waals surface area (Å²) < 4.78 is 0. The predicted octanol–water partition coefficient (Wildman–Crippen LogP) is 1.76. The van der Waals surface area contributed by atoms with E-state index in [2.05, 4.69) is 4.99 Å². The quantitative estimate of drug-likeness (QED) is 0.569. The van der Waals surface area contributed by atoms with Crippen LogP contribution in [0.2, 0.25) is 0 Å². The van der Waals surface area contributed by atoms with E-state index in [1.807, 2.05) is 6.07 Å². The van der Waals surface area contributed by atoms with Gasteiger partial charge in [-0.2, -0.15) is 0 Å². The maximum atomic E-state index is 10.00. The van der Waals surface area contributed by atoms with E-state index in [0.717, 1.165) is 12.8 Å². The molecule has 0 saturated heterocycles. The summed E-state index contributed by atoms with van der Waals surface area (Å²) in [4.78, 5) is 13.6. The average Bonchev–Trinajstić information content (AvgIpc) is 2.57. The summed E-state index contributed by atoms with van der Waals surface area (Å²) in [5.74, 6) is 0.635. The molecule has 72 valence electrons. The van der Waals surface area contributed by atoms with Gasteiger partial charge in [-0.1, -0.05) is 6.07 Å². The number of carbonyl (C=O) groups excluding carboxylic acids is 1. The zero-order valence-corrected chi connectivity index (χ0v) is 7.73. The van der Waals surface area contributed by atoms with Gasteiger partial charge in [-0.3, -0.25) is 0 Å². The normalized spacial score (nSPS) is 18.7. The summed E-state index contributed by atoms with van der Waals surface area (Å²) in [7, 11) is 0. The minimum atomic E-state index is 0.309. The highest BCUT2D eigenvalue weighted by molar-refractivity contribution is 5.41. The molecule has 0 aliphatic heterocycles. The lowest BCUT2D eigenvalue weighted by atomic mass is 10.0. The second-order valence-corrected chi connectivity index (χ2v) is 3.55. The number of hydrogen-bond acceptors (Lipinski definition) is 3. The van der Waals surface area contributed by atoms with Crippen LogP contribution >= 0.6 is 0 Å². The molecule has 1 unspecified atom stereocenters. The molecule has 14 heavy (non-hydrogen) atoms. The van der Waals surface area contributed by atoms with Crippen molar-refractivity contribution in [3.63, 3.8) is 0 Å². The molecular weight excluding hydrogens is 178 g/mol. The number of phenolic OH excluding ortho intramolecular Hbond substituents is 1. The van der Waals surface area contributed by atoms with Crippen molar-refractivity contribution in [1.82, 2.24) is 0 Å². The first kappa shape index (κ1) is 8.97. The summed E-state index contributed by atoms with van der Waals surface area (Å²) in [6, 6.07) is 5.39. The molecule has 0 bridgehead atoms. The molecule has 0 amide bonds. The Morgan fingerprint density at radius 1 is 1.57 bits per heavy atom. The van der Waals surface area contributed by atoms with Gasteiger partial charge in [0, 0.05) is 5.92 Å². The Hall–Kier alpha value is -1.60. The van der Waals surface area contributed by atoms with Crippen LogP contribution in [-0.4, -0.2) is 17.7 Å². The molecule has 1 N–H and O–H groups in total. The largest absolute Gasteiger partial charge is 0.508 e. The molecule has 0 aromatic heterocycles. The summed E-state index contributed by atoms with van der Waals surface area (Å²) in [6.07, 6.45) is 3.53. The van der Waals surface area contributed by atoms with E-state index in [1.54, 1.807) is 18.2 Å². The van der Waals surface area contributed by atoms with Crippen molar-refractivity contribution in [3.05, 3.63) is 29.3 Å². The number of nitrogens with zero attached hydrogens (tertiary/aromatic N) is 1. The molecule has 0 spiro atoms. The lowest BCUT2D eigenvalue weighted by Gasteiger charge is -2.06. The Morgan fingerprint density at radius 3 is 3.21 bits per heavy atom. The van der Waals surface area contributed by atoms with Gasteiger partial charge in [0.2, 0.25) is 6.08 Å². The molecule has 0 heterocycles. The fourth-order valence-corrected chi connectivity index (χ4v) is 2.03. The molecule has 1 aliphatic carbocycles. The Balaban J connectivity index is 2.26. The number of aromatic hydroxyl groups is 1. The van der Waals surface area contributed by atoms with E-state index >= 15 is 0 Å². The highest BCUT2D eigenvalue weighted by Crippen LogP contribution is 2.34. The van der Waals surface area contributed by atoms with Crippen LogP contribution in [0.4, 0.5) is 0 Å². The van der Waals surface area contributed by atoms with Crippen LogP contribution < -0.4 is 0 Å². The number of hydrogen-bond donors (Lipinski definition) is 1. The van der Waals surface area contributed by atoms with E-state index in [9.17, 15) is 9.90 Å². The summed E-state index contributed by atoms with van der Waals surface area (Å²) >= 11 is 0. The van der Waals surface area contributed by atoms with E-state index in [-0.39, 0.29) is 0 Å². The maximum Gasteiger partial charge on any atom is 0.234 e. The molecule has 0 fully saturated rings. The number of phenols is 1. The van der Waals surface area contributed by atoms with Crippen LogP contribution in [0, 0.1) is 0 Å². The van der Waals surface area contributed by atoms with Crippen LogP contribution in [0.3, 0.4) is 0 Å². The first-order valence-corrected chi connectivity index (χ1v) is 4.66. The SMILES string of the molecule is O=C=NCC1CCc2cc(O)ccc21. The molecule has 2 rings (SSSR count). The van der Waals surface area contributed by atoms with Gasteiger partial charge in [0.05, 0.1) is 6.54 Å². The second-order valence-electron chi connectivity index (χ2n) is 3.55. The fraction of sp³-hybridized carbons (Fsp3) is 0.364.